The predicted molar refractivity (Wildman–Crippen MR) is 196 cm³/mol. The van der Waals surface area contributed by atoms with Gasteiger partial charge >= 0.3 is 25.6 Å². The van der Waals surface area contributed by atoms with Crippen LogP contribution in [-0.4, -0.2) is 149 Å². The van der Waals surface area contributed by atoms with E-state index in [0.29, 0.717) is 0 Å². The van der Waals surface area contributed by atoms with E-state index >= 15 is 0 Å². The van der Waals surface area contributed by atoms with Gasteiger partial charge in [-0.2, -0.15) is 4.98 Å². The maximum atomic E-state index is 13.2. The summed E-state index contributed by atoms with van der Waals surface area (Å²) in [4.78, 5) is 64.6. The van der Waals surface area contributed by atoms with E-state index in [0.717, 1.165) is 33.0 Å². The van der Waals surface area contributed by atoms with Crippen molar-refractivity contribution < 1.29 is 82.8 Å². The Morgan fingerprint density at radius 3 is 2.27 bits per heavy atom. The first-order valence-electron chi connectivity index (χ1n) is 17.9. The average molecular weight is 852 g/mol. The first-order valence-corrected chi connectivity index (χ1v) is 19.4. The average Bonchev–Trinajstić information content (AvgIpc) is 3.67. The van der Waals surface area contributed by atoms with Crippen molar-refractivity contribution in [3.05, 3.63) is 82.4 Å². The van der Waals surface area contributed by atoms with Gasteiger partial charge in [0.25, 0.3) is 5.79 Å². The highest BCUT2D eigenvalue weighted by Crippen LogP contribution is 2.51. The standard InChI is InChI=1S/C35H42N5O18P/c36-24-9-10-40(33(50)38-24)31-29(47)28(46)23(56-31)15-55-59(52,53)58-35(32(48)49)11-21(42)26(30(57-35)27(45)22(43)13-41)39-25(44)12-37-34(51)54-14-20-18-7-3-1-5-16(18)17-6-2-4-8-19(17)20/h1-10,20-23,26-31,41-43,45-47H,11-15H2,(H,37,51)(H,39,44)(H,48,49)(H,52,53)(H2,36,38,50)/t21?,22-,23?,26?,27-,28-,29-,30?,31-,35?/m1/s1. The molecule has 0 radical (unpaired) electrons. The number of nitrogens with zero attached hydrogens (tertiary/aromatic N) is 2. The second kappa shape index (κ2) is 17.8. The van der Waals surface area contributed by atoms with Crippen LogP contribution < -0.4 is 22.1 Å². The molecule has 2 saturated heterocycles. The van der Waals surface area contributed by atoms with Crippen LogP contribution in [0.15, 0.2) is 65.6 Å². The quantitative estimate of drug-likeness (QED) is 0.0690. The number of nitrogens with two attached hydrogens (primary N) is 1. The monoisotopic (exact) mass is 851 g/mol. The zero-order chi connectivity index (χ0) is 42.8. The Kier molecular flexibility index (Phi) is 13.2. The van der Waals surface area contributed by atoms with Crippen molar-refractivity contribution in [3.63, 3.8) is 0 Å². The van der Waals surface area contributed by atoms with Crippen LogP contribution in [0.2, 0.25) is 0 Å². The second-order valence-corrected chi connectivity index (χ2v) is 15.2. The highest BCUT2D eigenvalue weighted by molar-refractivity contribution is 7.47. The molecule has 24 heteroatoms. The molecular formula is C35H42N5O18P. The first-order chi connectivity index (χ1) is 27.9. The zero-order valence-electron chi connectivity index (χ0n) is 30.7. The van der Waals surface area contributed by atoms with Gasteiger partial charge in [-0.1, -0.05) is 48.5 Å². The zero-order valence-corrected chi connectivity index (χ0v) is 31.6. The fourth-order valence-electron chi connectivity index (χ4n) is 7.12. The number of aromatic nitrogens is 2. The summed E-state index contributed by atoms with van der Waals surface area (Å²) in [6, 6.07) is 14.6. The van der Waals surface area contributed by atoms with Crippen LogP contribution in [0, 0.1) is 0 Å². The molecular weight excluding hydrogens is 809 g/mol. The van der Waals surface area contributed by atoms with Gasteiger partial charge in [-0.05, 0) is 28.3 Å². The molecule has 3 heterocycles. The number of rotatable bonds is 15. The highest BCUT2D eigenvalue weighted by atomic mass is 31.2. The lowest BCUT2D eigenvalue weighted by Gasteiger charge is -2.46. The minimum absolute atomic E-state index is 0.0843. The molecule has 3 aliphatic rings. The minimum Gasteiger partial charge on any atom is -0.477 e. The van der Waals surface area contributed by atoms with Gasteiger partial charge in [0, 0.05) is 18.5 Å². The number of benzene rings is 2. The number of carbonyl (C=O) groups excluding carboxylic acids is 2. The minimum atomic E-state index is -5.65. The smallest absolute Gasteiger partial charge is 0.475 e. The maximum Gasteiger partial charge on any atom is 0.475 e. The molecule has 2 amide bonds. The molecule has 1 aromatic heterocycles. The molecule has 1 aliphatic carbocycles. The van der Waals surface area contributed by atoms with Gasteiger partial charge < -0.3 is 71.2 Å². The Bertz CT molecular complexity index is 2100. The summed E-state index contributed by atoms with van der Waals surface area (Å²) >= 11 is 0. The van der Waals surface area contributed by atoms with Gasteiger partial charge in [0.15, 0.2) is 6.23 Å². The molecule has 6 rings (SSSR count). The number of ether oxygens (including phenoxy) is 3. The Morgan fingerprint density at radius 1 is 1.02 bits per heavy atom. The fourth-order valence-corrected chi connectivity index (χ4v) is 8.08. The molecule has 23 nitrogen and oxygen atoms in total. The molecule has 3 aromatic rings. The SMILES string of the molecule is Nc1ccn([C@@H]2OC(COP(=O)(O)OC3(C(=O)O)CC(O)C(NC(=O)CNC(=O)OCC4c5ccccc5-c5ccccc54)C([C@H](O)[C@H](O)CO)O3)[C@@H](O)[C@H]2O)c(=O)n1. The Labute approximate surface area is 333 Å². The van der Waals surface area contributed by atoms with Crippen molar-refractivity contribution >= 4 is 31.6 Å². The number of phosphoric ester groups is 1. The molecule has 0 saturated carbocycles. The first kappa shape index (κ1) is 43.7. The Morgan fingerprint density at radius 2 is 1.66 bits per heavy atom. The lowest BCUT2D eigenvalue weighted by Crippen LogP contribution is -2.68. The van der Waals surface area contributed by atoms with Crippen LogP contribution in [-0.2, 0) is 37.4 Å². The number of fused-ring (bicyclic) bond motifs is 3. The van der Waals surface area contributed by atoms with E-state index in [1.807, 2.05) is 48.5 Å². The number of anilines is 1. The third-order valence-corrected chi connectivity index (χ3v) is 11.0. The van der Waals surface area contributed by atoms with E-state index in [-0.39, 0.29) is 18.3 Å². The largest absolute Gasteiger partial charge is 0.477 e. The van der Waals surface area contributed by atoms with Crippen LogP contribution in [0.5, 0.6) is 0 Å². The third-order valence-electron chi connectivity index (χ3n) is 10.0. The van der Waals surface area contributed by atoms with E-state index in [4.69, 9.17) is 29.0 Å². The number of nitrogen functional groups attached to an aromatic ring is 1. The fraction of sp³-hybridized carbons (Fsp3) is 0.457. The number of carboxylic acid groups (broad SMARTS) is 1. The van der Waals surface area contributed by atoms with Gasteiger partial charge in [0.2, 0.25) is 5.91 Å². The lowest BCUT2D eigenvalue weighted by molar-refractivity contribution is -0.289. The van der Waals surface area contributed by atoms with Crippen molar-refractivity contribution in [1.29, 1.82) is 0 Å². The Balaban J connectivity index is 1.08. The Hall–Kier alpha value is -4.88. The topological polar surface area (TPSA) is 361 Å². The number of aliphatic hydroxyl groups excluding tert-OH is 6. The summed E-state index contributed by atoms with van der Waals surface area (Å²) in [7, 11) is -5.65. The van der Waals surface area contributed by atoms with Crippen molar-refractivity contribution in [1.82, 2.24) is 20.2 Å². The van der Waals surface area contributed by atoms with Gasteiger partial charge in [-0.25, -0.2) is 23.5 Å². The lowest BCUT2D eigenvalue weighted by atomic mass is 9.88. The summed E-state index contributed by atoms with van der Waals surface area (Å²) in [6.07, 6.45) is -16.6. The molecule has 59 heavy (non-hydrogen) atoms. The summed E-state index contributed by atoms with van der Waals surface area (Å²) < 4.78 is 39.9. The van der Waals surface area contributed by atoms with Crippen molar-refractivity contribution in [3.8, 4) is 11.1 Å². The number of hydrogen-bond donors (Lipinski definition) is 11. The molecule has 11 atom stereocenters. The molecule has 12 N–H and O–H groups in total. The summed E-state index contributed by atoms with van der Waals surface area (Å²) in [5.74, 6) is -6.98. The highest BCUT2D eigenvalue weighted by Gasteiger charge is 2.59. The molecule has 0 spiro atoms. The van der Waals surface area contributed by atoms with E-state index in [1.165, 1.54) is 6.07 Å². The molecule has 0 bridgehead atoms. The maximum absolute atomic E-state index is 13.2. The van der Waals surface area contributed by atoms with Gasteiger partial charge in [-0.15, -0.1) is 0 Å². The van der Waals surface area contributed by atoms with Crippen molar-refractivity contribution in [2.24, 2.45) is 0 Å². The van der Waals surface area contributed by atoms with Crippen molar-refractivity contribution in [2.45, 2.75) is 73.1 Å². The van der Waals surface area contributed by atoms with Crippen LogP contribution in [0.25, 0.3) is 11.1 Å². The van der Waals surface area contributed by atoms with Gasteiger partial charge in [-0.3, -0.25) is 13.9 Å². The molecule has 320 valence electrons. The number of phosphoric acid groups is 1. The third kappa shape index (κ3) is 9.31. The number of amides is 2. The van der Waals surface area contributed by atoms with Gasteiger partial charge in [0.05, 0.1) is 25.4 Å². The van der Waals surface area contributed by atoms with Gasteiger partial charge in [0.1, 0.15) is 55.6 Å². The number of aliphatic hydroxyl groups is 6. The number of carboxylic acids is 1. The molecule has 2 aliphatic heterocycles. The van der Waals surface area contributed by atoms with Crippen molar-refractivity contribution in [2.75, 3.05) is 32.1 Å². The predicted octanol–water partition coefficient (Wildman–Crippen LogP) is -2.75. The van der Waals surface area contributed by atoms with E-state index in [9.17, 15) is 64.4 Å². The normalized spacial score (nSPS) is 28.4. The van der Waals surface area contributed by atoms with Crippen LogP contribution in [0.4, 0.5) is 10.6 Å². The summed E-state index contributed by atoms with van der Waals surface area (Å²) in [6.45, 7) is -3.07. The van der Waals surface area contributed by atoms with Crippen LogP contribution in [0.3, 0.4) is 0 Å². The van der Waals surface area contributed by atoms with E-state index in [2.05, 4.69) is 15.6 Å². The second-order valence-electron chi connectivity index (χ2n) is 13.9. The van der Waals surface area contributed by atoms with E-state index in [1.54, 1.807) is 0 Å². The molecule has 6 unspecified atom stereocenters. The molecule has 2 aromatic carbocycles. The summed E-state index contributed by atoms with van der Waals surface area (Å²) in [5, 5.41) is 77.3. The number of hydrogen-bond acceptors (Lipinski definition) is 18. The number of nitrogens with one attached hydrogen (secondary N) is 2. The van der Waals surface area contributed by atoms with E-state index < -0.39 is 118 Å². The number of aliphatic carboxylic acids is 1. The number of carbonyl (C=O) groups is 3. The number of alkyl carbamates (subject to hydrolysis) is 1. The summed E-state index contributed by atoms with van der Waals surface area (Å²) in [5.41, 5.74) is 8.34. The van der Waals surface area contributed by atoms with Crippen LogP contribution >= 0.6 is 7.82 Å². The van der Waals surface area contributed by atoms with Crippen LogP contribution in [0.1, 0.15) is 29.7 Å². The molecule has 2 fully saturated rings.